The van der Waals surface area contributed by atoms with Crippen LogP contribution in [-0.2, 0) is 11.2 Å². The quantitative estimate of drug-likeness (QED) is 0.672. The van der Waals surface area contributed by atoms with E-state index in [2.05, 4.69) is 63.2 Å². The second-order valence-corrected chi connectivity index (χ2v) is 8.92. The molecule has 0 bridgehead atoms. The highest BCUT2D eigenvalue weighted by atomic mass is 16.1. The lowest BCUT2D eigenvalue weighted by Crippen LogP contribution is -2.32. The third-order valence-corrected chi connectivity index (χ3v) is 4.32. The van der Waals surface area contributed by atoms with Crippen molar-refractivity contribution < 1.29 is 4.79 Å². The van der Waals surface area contributed by atoms with Crippen LogP contribution >= 0.6 is 0 Å². The summed E-state index contributed by atoms with van der Waals surface area (Å²) in [6.07, 6.45) is 1.75. The molecular formula is C22H30O. The molecule has 0 aliphatic carbocycles. The van der Waals surface area contributed by atoms with Crippen molar-refractivity contribution >= 4 is 16.6 Å². The normalized spacial score (nSPS) is 14.0. The molecule has 124 valence electrons. The Morgan fingerprint density at radius 2 is 1.52 bits per heavy atom. The van der Waals surface area contributed by atoms with Crippen LogP contribution in [0, 0.1) is 16.7 Å². The van der Waals surface area contributed by atoms with E-state index in [0.717, 1.165) is 12.8 Å². The molecule has 0 N–H and O–H groups in total. The summed E-state index contributed by atoms with van der Waals surface area (Å²) in [4.78, 5) is 13.0. The molecule has 0 aliphatic rings. The van der Waals surface area contributed by atoms with Gasteiger partial charge in [0.2, 0.25) is 0 Å². The van der Waals surface area contributed by atoms with E-state index >= 15 is 0 Å². The number of benzene rings is 2. The summed E-state index contributed by atoms with van der Waals surface area (Å²) in [6.45, 7) is 12.8. The van der Waals surface area contributed by atoms with Crippen LogP contribution in [0.15, 0.2) is 42.5 Å². The van der Waals surface area contributed by atoms with E-state index in [1.54, 1.807) is 0 Å². The van der Waals surface area contributed by atoms with Crippen LogP contribution in [0.3, 0.4) is 0 Å². The molecular weight excluding hydrogens is 280 g/mol. The summed E-state index contributed by atoms with van der Waals surface area (Å²) in [7, 11) is 0. The first-order chi connectivity index (χ1) is 10.6. The minimum absolute atomic E-state index is 0.0702. The summed E-state index contributed by atoms with van der Waals surface area (Å²) in [6, 6.07) is 14.9. The Bertz CT molecular complexity index is 678. The topological polar surface area (TPSA) is 17.1 Å². The Balaban J connectivity index is 2.38. The monoisotopic (exact) mass is 310 g/mol. The van der Waals surface area contributed by atoms with Crippen LogP contribution in [0.5, 0.6) is 0 Å². The third-order valence-electron chi connectivity index (χ3n) is 4.32. The van der Waals surface area contributed by atoms with Crippen molar-refractivity contribution in [1.29, 1.82) is 0 Å². The van der Waals surface area contributed by atoms with Crippen molar-refractivity contribution in [2.24, 2.45) is 16.7 Å². The van der Waals surface area contributed by atoms with Gasteiger partial charge in [0.05, 0.1) is 0 Å². The minimum atomic E-state index is -0.291. The molecule has 0 aliphatic heterocycles. The van der Waals surface area contributed by atoms with Crippen LogP contribution in [0.25, 0.3) is 10.8 Å². The van der Waals surface area contributed by atoms with Crippen LogP contribution in [0.4, 0.5) is 0 Å². The lowest BCUT2D eigenvalue weighted by Gasteiger charge is -2.30. The predicted octanol–water partition coefficient (Wildman–Crippen LogP) is 6.05. The number of hydrogen-bond acceptors (Lipinski definition) is 1. The second-order valence-electron chi connectivity index (χ2n) is 8.92. The van der Waals surface area contributed by atoms with Crippen molar-refractivity contribution in [2.45, 2.75) is 54.4 Å². The largest absolute Gasteiger partial charge is 0.299 e. The number of Topliss-reactive ketones (excluding diaryl/α,β-unsaturated/α-hetero) is 1. The van der Waals surface area contributed by atoms with E-state index in [1.165, 1.54) is 16.3 Å². The summed E-state index contributed by atoms with van der Waals surface area (Å²) in [5.74, 6) is 0.446. The molecule has 23 heavy (non-hydrogen) atoms. The van der Waals surface area contributed by atoms with E-state index in [0.29, 0.717) is 5.78 Å². The van der Waals surface area contributed by atoms with Gasteiger partial charge in [0, 0.05) is 11.3 Å². The Kier molecular flexibility index (Phi) is 4.98. The Morgan fingerprint density at radius 3 is 2.13 bits per heavy atom. The fraction of sp³-hybridized carbons (Fsp3) is 0.500. The van der Waals surface area contributed by atoms with Gasteiger partial charge in [-0.1, -0.05) is 84.0 Å². The molecule has 0 amide bonds. The number of rotatable bonds is 4. The molecule has 1 atom stereocenters. The van der Waals surface area contributed by atoms with Gasteiger partial charge in [0.1, 0.15) is 5.78 Å². The highest BCUT2D eigenvalue weighted by Gasteiger charge is 2.32. The van der Waals surface area contributed by atoms with E-state index in [-0.39, 0.29) is 16.7 Å². The molecule has 1 unspecified atom stereocenters. The van der Waals surface area contributed by atoms with Gasteiger partial charge in [-0.3, -0.25) is 4.79 Å². The number of fused-ring (bicyclic) bond motifs is 1. The second kappa shape index (κ2) is 6.47. The van der Waals surface area contributed by atoms with Crippen molar-refractivity contribution in [3.63, 3.8) is 0 Å². The lowest BCUT2D eigenvalue weighted by atomic mass is 9.73. The number of hydrogen-bond donors (Lipinski definition) is 0. The fourth-order valence-electron chi connectivity index (χ4n) is 3.35. The number of ketones is 1. The molecule has 1 heteroatoms. The van der Waals surface area contributed by atoms with Crippen LogP contribution in [-0.4, -0.2) is 5.78 Å². The fourth-order valence-corrected chi connectivity index (χ4v) is 3.35. The van der Waals surface area contributed by atoms with Gasteiger partial charge in [-0.05, 0) is 34.6 Å². The average molecular weight is 310 g/mol. The van der Waals surface area contributed by atoms with Gasteiger partial charge in [-0.25, -0.2) is 0 Å². The number of carbonyl (C=O) groups is 1. The molecule has 0 heterocycles. The minimum Gasteiger partial charge on any atom is -0.299 e. The molecule has 2 rings (SSSR count). The van der Waals surface area contributed by atoms with E-state index < -0.39 is 0 Å². The zero-order chi connectivity index (χ0) is 17.3. The molecule has 0 saturated carbocycles. The highest BCUT2D eigenvalue weighted by Crippen LogP contribution is 2.33. The van der Waals surface area contributed by atoms with Gasteiger partial charge in [0.15, 0.2) is 0 Å². The maximum atomic E-state index is 13.0. The molecule has 0 spiro atoms. The van der Waals surface area contributed by atoms with Gasteiger partial charge in [-0.2, -0.15) is 0 Å². The van der Waals surface area contributed by atoms with Crippen molar-refractivity contribution in [1.82, 2.24) is 0 Å². The van der Waals surface area contributed by atoms with E-state index in [1.807, 2.05) is 20.8 Å². The van der Waals surface area contributed by atoms with E-state index in [4.69, 9.17) is 0 Å². The maximum absolute atomic E-state index is 13.0. The van der Waals surface area contributed by atoms with Gasteiger partial charge in [0.25, 0.3) is 0 Å². The summed E-state index contributed by atoms with van der Waals surface area (Å²) in [5.41, 5.74) is 1.14. The molecule has 0 radical (unpaired) electrons. The molecule has 0 fully saturated rings. The molecule has 1 nitrogen and oxygen atoms in total. The summed E-state index contributed by atoms with van der Waals surface area (Å²) in [5, 5.41) is 2.53. The van der Waals surface area contributed by atoms with Gasteiger partial charge < -0.3 is 0 Å². The molecule has 0 aromatic heterocycles. The SMILES string of the molecule is CC(C)(C)CC(Cc1cccc2ccccc12)C(=O)C(C)(C)C. The molecule has 2 aromatic carbocycles. The smallest absolute Gasteiger partial charge is 0.141 e. The lowest BCUT2D eigenvalue weighted by molar-refractivity contribution is -0.131. The standard InChI is InChI=1S/C22H30O/c1-21(2,3)15-18(20(23)22(4,5)6)14-17-12-9-11-16-10-7-8-13-19(16)17/h7-13,18H,14-15H2,1-6H3. The van der Waals surface area contributed by atoms with Crippen molar-refractivity contribution in [3.8, 4) is 0 Å². The number of carbonyl (C=O) groups excluding carboxylic acids is 1. The van der Waals surface area contributed by atoms with Crippen molar-refractivity contribution in [2.75, 3.05) is 0 Å². The Morgan fingerprint density at radius 1 is 0.913 bits per heavy atom. The van der Waals surface area contributed by atoms with Gasteiger partial charge >= 0.3 is 0 Å². The Labute approximate surface area is 141 Å². The zero-order valence-corrected chi connectivity index (χ0v) is 15.4. The average Bonchev–Trinajstić information content (AvgIpc) is 2.44. The first kappa shape index (κ1) is 17.7. The molecule has 2 aromatic rings. The van der Waals surface area contributed by atoms with Crippen LogP contribution in [0.1, 0.15) is 53.5 Å². The molecule has 0 saturated heterocycles. The van der Waals surface area contributed by atoms with Crippen LogP contribution < -0.4 is 0 Å². The first-order valence-corrected chi connectivity index (χ1v) is 8.59. The summed E-state index contributed by atoms with van der Waals surface area (Å²) >= 11 is 0. The van der Waals surface area contributed by atoms with E-state index in [9.17, 15) is 4.79 Å². The zero-order valence-electron chi connectivity index (χ0n) is 15.4. The van der Waals surface area contributed by atoms with Gasteiger partial charge in [-0.15, -0.1) is 0 Å². The maximum Gasteiger partial charge on any atom is 0.141 e. The third kappa shape index (κ3) is 4.67. The first-order valence-electron chi connectivity index (χ1n) is 8.59. The highest BCUT2D eigenvalue weighted by molar-refractivity contribution is 5.89. The predicted molar refractivity (Wildman–Crippen MR) is 99.7 cm³/mol. The van der Waals surface area contributed by atoms with Crippen molar-refractivity contribution in [3.05, 3.63) is 48.0 Å². The summed E-state index contributed by atoms with van der Waals surface area (Å²) < 4.78 is 0. The Hall–Kier alpha value is -1.63. The van der Waals surface area contributed by atoms with Crippen LogP contribution in [0.2, 0.25) is 0 Å².